The molecule has 4 rings (SSSR count). The first kappa shape index (κ1) is 18.5. The average molecular weight is 415 g/mol. The van der Waals surface area contributed by atoms with Gasteiger partial charge in [-0.25, -0.2) is 4.98 Å². The molecule has 2 aromatic carbocycles. The summed E-state index contributed by atoms with van der Waals surface area (Å²) in [6, 6.07) is 12.9. The zero-order valence-electron chi connectivity index (χ0n) is 14.9. The van der Waals surface area contributed by atoms with E-state index in [1.54, 1.807) is 25.1 Å². The number of hydrogen-bond acceptors (Lipinski definition) is 4. The third kappa shape index (κ3) is 3.48. The number of carbonyl (C=O) groups is 1. The molecule has 0 fully saturated rings. The number of aryl methyl sites for hydroxylation is 1. The smallest absolute Gasteiger partial charge is 0.257 e. The second-order valence-corrected chi connectivity index (χ2v) is 7.08. The Bertz CT molecular complexity index is 1110. The number of nitrogens with zero attached hydrogens (tertiary/aromatic N) is 2. The van der Waals surface area contributed by atoms with E-state index in [1.165, 1.54) is 0 Å². The van der Waals surface area contributed by atoms with Crippen LogP contribution >= 0.6 is 23.2 Å². The molecule has 0 saturated carbocycles. The number of benzene rings is 2. The Hall–Kier alpha value is -2.83. The highest BCUT2D eigenvalue weighted by Gasteiger charge is 2.24. The third-order valence-corrected chi connectivity index (χ3v) is 5.01. The van der Waals surface area contributed by atoms with Gasteiger partial charge >= 0.3 is 0 Å². The van der Waals surface area contributed by atoms with E-state index in [1.807, 2.05) is 24.3 Å². The van der Waals surface area contributed by atoms with Crippen LogP contribution in [-0.4, -0.2) is 27.6 Å². The van der Waals surface area contributed by atoms with Gasteiger partial charge in [0.1, 0.15) is 22.8 Å². The minimum absolute atomic E-state index is 0.305. The Morgan fingerprint density at radius 3 is 2.64 bits per heavy atom. The summed E-state index contributed by atoms with van der Waals surface area (Å²) in [5.74, 6) is 0.894. The molecule has 0 aliphatic heterocycles. The van der Waals surface area contributed by atoms with Gasteiger partial charge in [-0.05, 0) is 31.2 Å². The van der Waals surface area contributed by atoms with Gasteiger partial charge in [-0.1, -0.05) is 46.6 Å². The Morgan fingerprint density at radius 2 is 1.89 bits per heavy atom. The largest absolute Gasteiger partial charge is 0.360 e. The van der Waals surface area contributed by atoms with E-state index in [2.05, 4.69) is 20.4 Å². The fraction of sp³-hybridized carbons (Fsp3) is 0.150. The van der Waals surface area contributed by atoms with E-state index in [0.29, 0.717) is 45.6 Å². The second kappa shape index (κ2) is 7.66. The molecular weight excluding hydrogens is 399 g/mol. The van der Waals surface area contributed by atoms with Crippen molar-refractivity contribution in [1.29, 1.82) is 0 Å². The van der Waals surface area contributed by atoms with Gasteiger partial charge < -0.3 is 14.8 Å². The summed E-state index contributed by atoms with van der Waals surface area (Å²) >= 11 is 12.5. The number of halogens is 2. The highest BCUT2D eigenvalue weighted by molar-refractivity contribution is 6.39. The molecule has 142 valence electrons. The van der Waals surface area contributed by atoms with Crippen molar-refractivity contribution in [3.05, 3.63) is 69.7 Å². The van der Waals surface area contributed by atoms with Gasteiger partial charge in [-0.2, -0.15) is 0 Å². The number of aromatic amines is 1. The van der Waals surface area contributed by atoms with Gasteiger partial charge in [0.25, 0.3) is 5.91 Å². The van der Waals surface area contributed by atoms with Crippen LogP contribution in [0.5, 0.6) is 0 Å². The van der Waals surface area contributed by atoms with Crippen LogP contribution in [0.2, 0.25) is 10.0 Å². The van der Waals surface area contributed by atoms with Crippen molar-refractivity contribution >= 4 is 40.1 Å². The number of H-pyrrole nitrogens is 1. The maximum Gasteiger partial charge on any atom is 0.257 e. The van der Waals surface area contributed by atoms with Crippen LogP contribution < -0.4 is 5.32 Å². The van der Waals surface area contributed by atoms with E-state index in [0.717, 1.165) is 16.9 Å². The number of fused-ring (bicyclic) bond motifs is 1. The molecule has 0 aliphatic carbocycles. The van der Waals surface area contributed by atoms with Crippen molar-refractivity contribution < 1.29 is 9.32 Å². The number of hydrogen-bond donors (Lipinski definition) is 2. The first-order chi connectivity index (χ1) is 13.5. The monoisotopic (exact) mass is 414 g/mol. The predicted molar refractivity (Wildman–Crippen MR) is 109 cm³/mol. The summed E-state index contributed by atoms with van der Waals surface area (Å²) in [5, 5.41) is 7.68. The molecule has 0 atom stereocenters. The molecule has 0 bridgehead atoms. The van der Waals surface area contributed by atoms with Gasteiger partial charge in [0.05, 0.1) is 21.1 Å². The number of para-hydroxylation sites is 2. The summed E-state index contributed by atoms with van der Waals surface area (Å²) in [4.78, 5) is 20.5. The summed E-state index contributed by atoms with van der Waals surface area (Å²) in [7, 11) is 0. The lowest BCUT2D eigenvalue weighted by molar-refractivity contribution is 0.0953. The van der Waals surface area contributed by atoms with Crippen LogP contribution in [0, 0.1) is 6.92 Å². The average Bonchev–Trinajstić information content (AvgIpc) is 3.24. The first-order valence-electron chi connectivity index (χ1n) is 8.67. The van der Waals surface area contributed by atoms with Crippen molar-refractivity contribution in [1.82, 2.24) is 20.4 Å². The van der Waals surface area contributed by atoms with Crippen LogP contribution in [0.1, 0.15) is 21.9 Å². The molecule has 28 heavy (non-hydrogen) atoms. The number of amides is 1. The standard InChI is InChI=1S/C20H16Cl2N4O2/c1-11-17(19(26-28-11)18-12(21)5-4-6-13(18)22)20(27)23-10-9-16-24-14-7-2-3-8-15(14)25-16/h2-8H,9-10H2,1H3,(H,23,27)(H,24,25). The summed E-state index contributed by atoms with van der Waals surface area (Å²) in [6.07, 6.45) is 0.562. The normalized spacial score (nSPS) is 11.1. The first-order valence-corrected chi connectivity index (χ1v) is 9.42. The van der Waals surface area contributed by atoms with Gasteiger partial charge in [0.2, 0.25) is 0 Å². The highest BCUT2D eigenvalue weighted by Crippen LogP contribution is 2.36. The van der Waals surface area contributed by atoms with Gasteiger partial charge in [-0.3, -0.25) is 4.79 Å². The van der Waals surface area contributed by atoms with E-state index in [-0.39, 0.29) is 5.91 Å². The Morgan fingerprint density at radius 1 is 1.14 bits per heavy atom. The van der Waals surface area contributed by atoms with Crippen molar-refractivity contribution in [3.63, 3.8) is 0 Å². The lowest BCUT2D eigenvalue weighted by Crippen LogP contribution is -2.26. The molecule has 0 radical (unpaired) electrons. The molecule has 2 aromatic heterocycles. The Balaban J connectivity index is 1.52. The van der Waals surface area contributed by atoms with Gasteiger partial charge in [0.15, 0.2) is 0 Å². The van der Waals surface area contributed by atoms with Crippen LogP contribution in [0.25, 0.3) is 22.3 Å². The lowest BCUT2D eigenvalue weighted by Gasteiger charge is -2.07. The SMILES string of the molecule is Cc1onc(-c2c(Cl)cccc2Cl)c1C(=O)NCCc1nc2ccccc2[nH]1. The van der Waals surface area contributed by atoms with Gasteiger partial charge in [-0.15, -0.1) is 0 Å². The highest BCUT2D eigenvalue weighted by atomic mass is 35.5. The number of imidazole rings is 1. The van der Waals surface area contributed by atoms with Crippen molar-refractivity contribution in [3.8, 4) is 11.3 Å². The van der Waals surface area contributed by atoms with Crippen LogP contribution in [0.15, 0.2) is 47.0 Å². The fourth-order valence-electron chi connectivity index (χ4n) is 3.04. The van der Waals surface area contributed by atoms with Crippen molar-refractivity contribution in [2.75, 3.05) is 6.54 Å². The third-order valence-electron chi connectivity index (χ3n) is 4.38. The van der Waals surface area contributed by atoms with Crippen LogP contribution in [0.4, 0.5) is 0 Å². The lowest BCUT2D eigenvalue weighted by atomic mass is 10.1. The van der Waals surface area contributed by atoms with Crippen molar-refractivity contribution in [2.45, 2.75) is 13.3 Å². The number of rotatable bonds is 5. The molecule has 1 amide bonds. The maximum absolute atomic E-state index is 12.8. The molecule has 0 spiro atoms. The predicted octanol–water partition coefficient (Wildman–Crippen LogP) is 4.81. The summed E-state index contributed by atoms with van der Waals surface area (Å²) in [5.41, 5.74) is 2.99. The molecule has 0 aliphatic rings. The molecule has 2 N–H and O–H groups in total. The maximum atomic E-state index is 12.8. The van der Waals surface area contributed by atoms with Gasteiger partial charge in [0, 0.05) is 18.5 Å². The van der Waals surface area contributed by atoms with E-state index < -0.39 is 0 Å². The zero-order valence-corrected chi connectivity index (χ0v) is 16.4. The number of nitrogens with one attached hydrogen (secondary N) is 2. The number of carbonyl (C=O) groups excluding carboxylic acids is 1. The molecular formula is C20H16Cl2N4O2. The van der Waals surface area contributed by atoms with Crippen LogP contribution in [0.3, 0.4) is 0 Å². The quantitative estimate of drug-likeness (QED) is 0.490. The molecule has 8 heteroatoms. The molecule has 6 nitrogen and oxygen atoms in total. The van der Waals surface area contributed by atoms with E-state index in [4.69, 9.17) is 27.7 Å². The summed E-state index contributed by atoms with van der Waals surface area (Å²) < 4.78 is 5.24. The molecule has 0 unspecified atom stereocenters. The fourth-order valence-corrected chi connectivity index (χ4v) is 3.62. The Kier molecular flexibility index (Phi) is 5.07. The Labute approximate surface area is 170 Å². The molecule has 4 aromatic rings. The molecule has 2 heterocycles. The minimum Gasteiger partial charge on any atom is -0.360 e. The topological polar surface area (TPSA) is 83.8 Å². The molecule has 0 saturated heterocycles. The number of aromatic nitrogens is 3. The second-order valence-electron chi connectivity index (χ2n) is 6.27. The van der Waals surface area contributed by atoms with Crippen LogP contribution in [-0.2, 0) is 6.42 Å². The minimum atomic E-state index is -0.305. The zero-order chi connectivity index (χ0) is 19.7. The van der Waals surface area contributed by atoms with E-state index in [9.17, 15) is 4.79 Å². The summed E-state index contributed by atoms with van der Waals surface area (Å²) in [6.45, 7) is 2.08. The van der Waals surface area contributed by atoms with E-state index >= 15 is 0 Å². The van der Waals surface area contributed by atoms with Crippen molar-refractivity contribution in [2.24, 2.45) is 0 Å².